The van der Waals surface area contributed by atoms with E-state index >= 15 is 0 Å². The van der Waals surface area contributed by atoms with E-state index in [4.69, 9.17) is 23.2 Å². The minimum atomic E-state index is -0.300. The monoisotopic (exact) mass is 335 g/mol. The Balaban J connectivity index is 2.47. The van der Waals surface area contributed by atoms with Crippen LogP contribution in [0.4, 0.5) is 5.69 Å². The molecule has 0 unspecified atom stereocenters. The summed E-state index contributed by atoms with van der Waals surface area (Å²) in [7, 11) is 1.34. The Kier molecular flexibility index (Phi) is 7.19. The molecule has 0 aliphatic rings. The lowest BCUT2D eigenvalue weighted by Gasteiger charge is -2.12. The zero-order valence-electron chi connectivity index (χ0n) is 11.1. The molecule has 1 amide bonds. The molecule has 0 radical (unpaired) electrons. The maximum Gasteiger partial charge on any atom is 0.306 e. The average Bonchev–Trinajstić information content (AvgIpc) is 2.41. The predicted molar refractivity (Wildman–Crippen MR) is 83.6 cm³/mol. The van der Waals surface area contributed by atoms with Gasteiger partial charge in [-0.2, -0.15) is 0 Å². The van der Waals surface area contributed by atoms with E-state index in [0.717, 1.165) is 0 Å². The van der Waals surface area contributed by atoms with Crippen LogP contribution in [0, 0.1) is 0 Å². The highest BCUT2D eigenvalue weighted by molar-refractivity contribution is 8.00. The summed E-state index contributed by atoms with van der Waals surface area (Å²) in [5, 5.41) is 3.32. The smallest absolute Gasteiger partial charge is 0.306 e. The number of rotatable bonds is 6. The molecule has 0 aliphatic heterocycles. The van der Waals surface area contributed by atoms with Gasteiger partial charge in [-0.15, -0.1) is 11.8 Å². The Bertz CT molecular complexity index is 497. The zero-order valence-corrected chi connectivity index (χ0v) is 13.4. The van der Waals surface area contributed by atoms with Crippen LogP contribution >= 0.6 is 35.0 Å². The van der Waals surface area contributed by atoms with Crippen LogP contribution in [0.2, 0.25) is 10.0 Å². The molecule has 0 aromatic heterocycles. The molecule has 0 saturated heterocycles. The van der Waals surface area contributed by atoms with Crippen molar-refractivity contribution in [2.24, 2.45) is 0 Å². The van der Waals surface area contributed by atoms with E-state index in [0.29, 0.717) is 21.5 Å². The lowest BCUT2D eigenvalue weighted by molar-refractivity contribution is -0.140. The first-order chi connectivity index (χ1) is 9.43. The quantitative estimate of drug-likeness (QED) is 0.806. The summed E-state index contributed by atoms with van der Waals surface area (Å²) in [6, 6.07) is 4.86. The number of thioether (sulfide) groups is 1. The molecule has 0 heterocycles. The lowest BCUT2D eigenvalue weighted by Crippen LogP contribution is -2.23. The van der Waals surface area contributed by atoms with E-state index in [1.807, 2.05) is 0 Å². The van der Waals surface area contributed by atoms with Gasteiger partial charge in [0.25, 0.3) is 0 Å². The van der Waals surface area contributed by atoms with Crippen molar-refractivity contribution >= 4 is 52.5 Å². The predicted octanol–water partition coefficient (Wildman–Crippen LogP) is 3.62. The van der Waals surface area contributed by atoms with E-state index in [1.165, 1.54) is 18.9 Å². The molecule has 0 aliphatic carbocycles. The van der Waals surface area contributed by atoms with Crippen LogP contribution in [0.1, 0.15) is 13.3 Å². The number of carbonyl (C=O) groups excluding carboxylic acids is 2. The van der Waals surface area contributed by atoms with Gasteiger partial charge in [-0.3, -0.25) is 9.59 Å². The first-order valence-electron chi connectivity index (χ1n) is 5.88. The first-order valence-corrected chi connectivity index (χ1v) is 7.69. The maximum absolute atomic E-state index is 12.0. The van der Waals surface area contributed by atoms with Crippen LogP contribution in [0.25, 0.3) is 0 Å². The number of hydrogen-bond acceptors (Lipinski definition) is 4. The third-order valence-electron chi connectivity index (χ3n) is 2.46. The van der Waals surface area contributed by atoms with Gasteiger partial charge in [-0.25, -0.2) is 0 Å². The largest absolute Gasteiger partial charge is 0.469 e. The highest BCUT2D eigenvalue weighted by Crippen LogP contribution is 2.26. The molecule has 20 heavy (non-hydrogen) atoms. The van der Waals surface area contributed by atoms with Gasteiger partial charge in [0.2, 0.25) is 5.91 Å². The second-order valence-corrected chi connectivity index (χ2v) is 6.24. The van der Waals surface area contributed by atoms with Gasteiger partial charge in [0.05, 0.1) is 29.5 Å². The highest BCUT2D eigenvalue weighted by atomic mass is 35.5. The van der Waals surface area contributed by atoms with Crippen molar-refractivity contribution in [2.75, 3.05) is 18.2 Å². The molecule has 1 aromatic carbocycles. The number of ether oxygens (including phenoxy) is 1. The van der Waals surface area contributed by atoms with Gasteiger partial charge in [0, 0.05) is 10.8 Å². The average molecular weight is 336 g/mol. The van der Waals surface area contributed by atoms with Crippen molar-refractivity contribution in [2.45, 2.75) is 18.6 Å². The van der Waals surface area contributed by atoms with Gasteiger partial charge in [-0.05, 0) is 25.1 Å². The van der Waals surface area contributed by atoms with Gasteiger partial charge < -0.3 is 10.1 Å². The normalized spacial score (nSPS) is 11.8. The fourth-order valence-corrected chi connectivity index (χ4v) is 2.63. The van der Waals surface area contributed by atoms with Gasteiger partial charge in [-0.1, -0.05) is 23.2 Å². The van der Waals surface area contributed by atoms with Gasteiger partial charge in [0.15, 0.2) is 0 Å². The summed E-state index contributed by atoms with van der Waals surface area (Å²) in [5.41, 5.74) is 0.515. The minimum absolute atomic E-state index is 0.177. The second kappa shape index (κ2) is 8.39. The molecule has 7 heteroatoms. The topological polar surface area (TPSA) is 55.4 Å². The van der Waals surface area contributed by atoms with Crippen molar-refractivity contribution < 1.29 is 14.3 Å². The van der Waals surface area contributed by atoms with Crippen LogP contribution in [0.5, 0.6) is 0 Å². The summed E-state index contributed by atoms with van der Waals surface area (Å²) in [5.74, 6) is 0.0604. The Morgan fingerprint density at radius 1 is 1.40 bits per heavy atom. The SMILES string of the molecule is COC(=O)CCS[C@@H](C)C(=O)Nc1ccc(Cl)cc1Cl. The summed E-state index contributed by atoms with van der Waals surface area (Å²) >= 11 is 13.1. The van der Waals surface area contributed by atoms with Crippen LogP contribution in [0.15, 0.2) is 18.2 Å². The standard InChI is InChI=1S/C13H15Cl2NO3S/c1-8(20-6-5-12(17)19-2)13(18)16-11-4-3-9(14)7-10(11)15/h3-4,7-8H,5-6H2,1-2H3,(H,16,18)/t8-/m0/s1. The minimum Gasteiger partial charge on any atom is -0.469 e. The second-order valence-electron chi connectivity index (χ2n) is 3.95. The Morgan fingerprint density at radius 2 is 2.10 bits per heavy atom. The molecular formula is C13H15Cl2NO3S. The Morgan fingerprint density at radius 3 is 2.70 bits per heavy atom. The molecule has 1 N–H and O–H groups in total. The van der Waals surface area contributed by atoms with Crippen LogP contribution in [0.3, 0.4) is 0 Å². The Labute approximate surface area is 132 Å². The third-order valence-corrected chi connectivity index (χ3v) is 4.16. The number of esters is 1. The van der Waals surface area contributed by atoms with Crippen molar-refractivity contribution in [1.82, 2.24) is 0 Å². The van der Waals surface area contributed by atoms with Crippen molar-refractivity contribution in [1.29, 1.82) is 0 Å². The first kappa shape index (κ1) is 17.1. The molecule has 0 spiro atoms. The summed E-state index contributed by atoms with van der Waals surface area (Å²) in [6.07, 6.45) is 0.278. The van der Waals surface area contributed by atoms with Crippen LogP contribution in [-0.2, 0) is 14.3 Å². The number of methoxy groups -OCH3 is 1. The van der Waals surface area contributed by atoms with Crippen LogP contribution in [-0.4, -0.2) is 30.0 Å². The molecule has 1 aromatic rings. The maximum atomic E-state index is 12.0. The number of amides is 1. The molecule has 0 saturated carbocycles. The molecule has 0 bridgehead atoms. The van der Waals surface area contributed by atoms with E-state index in [9.17, 15) is 9.59 Å². The third kappa shape index (κ3) is 5.61. The fraction of sp³-hybridized carbons (Fsp3) is 0.385. The number of halogens is 2. The number of hydrogen-bond donors (Lipinski definition) is 1. The zero-order chi connectivity index (χ0) is 15.1. The Hall–Kier alpha value is -0.910. The fourth-order valence-electron chi connectivity index (χ4n) is 1.32. The number of nitrogens with one attached hydrogen (secondary N) is 1. The number of anilines is 1. The van der Waals surface area contributed by atoms with E-state index in [-0.39, 0.29) is 23.5 Å². The summed E-state index contributed by atoms with van der Waals surface area (Å²) in [4.78, 5) is 22.9. The van der Waals surface area contributed by atoms with Crippen molar-refractivity contribution in [3.8, 4) is 0 Å². The molecule has 4 nitrogen and oxygen atoms in total. The van der Waals surface area contributed by atoms with Crippen molar-refractivity contribution in [3.63, 3.8) is 0 Å². The van der Waals surface area contributed by atoms with Crippen molar-refractivity contribution in [3.05, 3.63) is 28.2 Å². The summed E-state index contributed by atoms with van der Waals surface area (Å²) in [6.45, 7) is 1.76. The molecule has 1 atom stereocenters. The number of carbonyl (C=O) groups is 2. The van der Waals surface area contributed by atoms with E-state index < -0.39 is 0 Å². The summed E-state index contributed by atoms with van der Waals surface area (Å²) < 4.78 is 4.53. The van der Waals surface area contributed by atoms with Gasteiger partial charge in [0.1, 0.15) is 0 Å². The number of benzene rings is 1. The van der Waals surface area contributed by atoms with Gasteiger partial charge >= 0.3 is 5.97 Å². The molecular weight excluding hydrogens is 321 g/mol. The van der Waals surface area contributed by atoms with E-state index in [2.05, 4.69) is 10.1 Å². The molecule has 110 valence electrons. The highest BCUT2D eigenvalue weighted by Gasteiger charge is 2.15. The van der Waals surface area contributed by atoms with E-state index in [1.54, 1.807) is 25.1 Å². The molecule has 0 fully saturated rings. The van der Waals surface area contributed by atoms with Crippen LogP contribution < -0.4 is 5.32 Å². The molecule has 1 rings (SSSR count). The lowest BCUT2D eigenvalue weighted by atomic mass is 10.3.